The maximum absolute atomic E-state index is 2.48. The minimum atomic E-state index is 1.20. The van der Waals surface area contributed by atoms with Gasteiger partial charge in [0.15, 0.2) is 11.9 Å². The van der Waals surface area contributed by atoms with Crippen molar-refractivity contribution < 1.29 is 4.57 Å². The molecule has 0 saturated carbocycles. The van der Waals surface area contributed by atoms with Crippen LogP contribution in [0.1, 0.15) is 90.2 Å². The van der Waals surface area contributed by atoms with Gasteiger partial charge in [0.2, 0.25) is 0 Å². The van der Waals surface area contributed by atoms with Crippen molar-refractivity contribution in [2.45, 2.75) is 97.4 Å². The highest BCUT2D eigenvalue weighted by atomic mass is 14.9. The molecule has 1 heterocycles. The predicted octanol–water partition coefficient (Wildman–Crippen LogP) is 5.85. The van der Waals surface area contributed by atoms with Gasteiger partial charge < -0.3 is 0 Å². The third-order valence-electron chi connectivity index (χ3n) is 4.32. The Kier molecular flexibility index (Phi) is 11.1. The Bertz CT molecular complexity index is 345. The van der Waals surface area contributed by atoms with Gasteiger partial charge in [-0.05, 0) is 12.8 Å². The predicted molar refractivity (Wildman–Crippen MR) is 92.5 cm³/mol. The van der Waals surface area contributed by atoms with Gasteiger partial charge in [-0.15, -0.1) is 0 Å². The van der Waals surface area contributed by atoms with E-state index in [9.17, 15) is 0 Å². The minimum Gasteiger partial charge on any atom is -0.202 e. The summed E-state index contributed by atoms with van der Waals surface area (Å²) < 4.78 is 2.48. The van der Waals surface area contributed by atoms with Gasteiger partial charge in [-0.25, -0.2) is 4.57 Å². The maximum atomic E-state index is 2.48. The molecule has 0 amide bonds. The fourth-order valence-corrected chi connectivity index (χ4v) is 2.93. The SMILES string of the molecule is CCCCCCCCCc1cccc[n+]1CCCCCC. The summed E-state index contributed by atoms with van der Waals surface area (Å²) >= 11 is 0. The number of pyridine rings is 1. The van der Waals surface area contributed by atoms with E-state index in [1.54, 1.807) is 0 Å². The van der Waals surface area contributed by atoms with Gasteiger partial charge >= 0.3 is 0 Å². The Hall–Kier alpha value is -0.850. The largest absolute Gasteiger partial charge is 0.202 e. The Morgan fingerprint density at radius 2 is 1.33 bits per heavy atom. The van der Waals surface area contributed by atoms with Crippen molar-refractivity contribution in [3.63, 3.8) is 0 Å². The lowest BCUT2D eigenvalue weighted by Crippen LogP contribution is -2.37. The number of hydrogen-bond donors (Lipinski definition) is 0. The van der Waals surface area contributed by atoms with E-state index in [0.717, 1.165) is 0 Å². The van der Waals surface area contributed by atoms with E-state index in [2.05, 4.69) is 42.8 Å². The van der Waals surface area contributed by atoms with Crippen molar-refractivity contribution in [2.24, 2.45) is 0 Å². The molecule has 0 aromatic carbocycles. The highest BCUT2D eigenvalue weighted by molar-refractivity contribution is 4.97. The fraction of sp³-hybridized carbons (Fsp3) is 0.750. The third-order valence-corrected chi connectivity index (χ3v) is 4.32. The van der Waals surface area contributed by atoms with Crippen LogP contribution in [0.5, 0.6) is 0 Å². The van der Waals surface area contributed by atoms with Crippen LogP contribution in [0.3, 0.4) is 0 Å². The Morgan fingerprint density at radius 1 is 0.714 bits per heavy atom. The molecule has 0 atom stereocenters. The summed E-state index contributed by atoms with van der Waals surface area (Å²) in [6, 6.07) is 6.68. The summed E-state index contributed by atoms with van der Waals surface area (Å²) in [5.41, 5.74) is 1.53. The van der Waals surface area contributed by atoms with Crippen LogP contribution in [0.15, 0.2) is 24.4 Å². The molecule has 0 fully saturated rings. The highest BCUT2D eigenvalue weighted by Crippen LogP contribution is 2.09. The zero-order valence-corrected chi connectivity index (χ0v) is 14.4. The van der Waals surface area contributed by atoms with Gasteiger partial charge in [0.25, 0.3) is 0 Å². The summed E-state index contributed by atoms with van der Waals surface area (Å²) in [5, 5.41) is 0. The summed E-state index contributed by atoms with van der Waals surface area (Å²) in [7, 11) is 0. The lowest BCUT2D eigenvalue weighted by atomic mass is 10.1. The number of hydrogen-bond acceptors (Lipinski definition) is 0. The molecule has 0 aliphatic rings. The smallest absolute Gasteiger partial charge is 0.181 e. The molecule has 0 aliphatic heterocycles. The van der Waals surface area contributed by atoms with Gasteiger partial charge in [0.05, 0.1) is 0 Å². The topological polar surface area (TPSA) is 3.88 Å². The van der Waals surface area contributed by atoms with Crippen LogP contribution in [0.25, 0.3) is 0 Å². The number of rotatable bonds is 13. The van der Waals surface area contributed by atoms with Crippen molar-refractivity contribution in [1.82, 2.24) is 0 Å². The molecule has 0 unspecified atom stereocenters. The van der Waals surface area contributed by atoms with Crippen molar-refractivity contribution in [3.8, 4) is 0 Å². The Balaban J connectivity index is 2.21. The van der Waals surface area contributed by atoms with Gasteiger partial charge in [-0.2, -0.15) is 0 Å². The molecular formula is C20H36N+. The van der Waals surface area contributed by atoms with E-state index in [1.165, 1.54) is 89.3 Å². The average Bonchev–Trinajstić information content (AvgIpc) is 2.52. The van der Waals surface area contributed by atoms with Crippen LogP contribution in [-0.2, 0) is 13.0 Å². The molecule has 0 saturated heterocycles. The van der Waals surface area contributed by atoms with E-state index >= 15 is 0 Å². The van der Waals surface area contributed by atoms with Crippen LogP contribution >= 0.6 is 0 Å². The van der Waals surface area contributed by atoms with Crippen molar-refractivity contribution in [3.05, 3.63) is 30.1 Å². The summed E-state index contributed by atoms with van der Waals surface area (Å²) in [6.45, 7) is 5.77. The molecule has 0 aliphatic carbocycles. The van der Waals surface area contributed by atoms with Crippen LogP contribution < -0.4 is 4.57 Å². The first-order chi connectivity index (χ1) is 10.4. The molecule has 1 aromatic heterocycles. The third kappa shape index (κ3) is 8.90. The maximum Gasteiger partial charge on any atom is 0.181 e. The molecule has 0 N–H and O–H groups in total. The fourth-order valence-electron chi connectivity index (χ4n) is 2.93. The van der Waals surface area contributed by atoms with Crippen molar-refractivity contribution in [2.75, 3.05) is 0 Å². The van der Waals surface area contributed by atoms with Crippen LogP contribution in [0.2, 0.25) is 0 Å². The molecule has 0 radical (unpaired) electrons. The normalized spacial score (nSPS) is 11.0. The number of unbranched alkanes of at least 4 members (excludes halogenated alkanes) is 9. The lowest BCUT2D eigenvalue weighted by molar-refractivity contribution is -0.704. The first kappa shape index (κ1) is 18.2. The number of nitrogens with zero attached hydrogens (tertiary/aromatic N) is 1. The summed E-state index contributed by atoms with van der Waals surface area (Å²) in [4.78, 5) is 0. The van der Waals surface area contributed by atoms with E-state index in [0.29, 0.717) is 0 Å². The number of aromatic nitrogens is 1. The zero-order chi connectivity index (χ0) is 15.2. The molecule has 0 spiro atoms. The second-order valence-corrected chi connectivity index (χ2v) is 6.32. The van der Waals surface area contributed by atoms with Crippen LogP contribution in [-0.4, -0.2) is 0 Å². The molecule has 21 heavy (non-hydrogen) atoms. The van der Waals surface area contributed by atoms with Gasteiger partial charge in [-0.1, -0.05) is 71.3 Å². The van der Waals surface area contributed by atoms with E-state index in [1.807, 2.05) is 0 Å². The molecular weight excluding hydrogens is 254 g/mol. The second kappa shape index (κ2) is 12.9. The standard InChI is InChI=1S/C20H36N/c1-3-5-7-9-10-11-12-16-20-17-13-15-19-21(20)18-14-8-6-4-2/h13,15,17,19H,3-12,14,16,18H2,1-2H3/q+1. The van der Waals surface area contributed by atoms with E-state index in [-0.39, 0.29) is 0 Å². The second-order valence-electron chi connectivity index (χ2n) is 6.32. The highest BCUT2D eigenvalue weighted by Gasteiger charge is 2.08. The van der Waals surface area contributed by atoms with Crippen LogP contribution in [0, 0.1) is 0 Å². The van der Waals surface area contributed by atoms with Gasteiger partial charge in [0.1, 0.15) is 6.54 Å². The average molecular weight is 291 g/mol. The van der Waals surface area contributed by atoms with Gasteiger partial charge in [0, 0.05) is 25.0 Å². The Morgan fingerprint density at radius 3 is 2.05 bits per heavy atom. The lowest BCUT2D eigenvalue weighted by Gasteiger charge is -2.04. The van der Waals surface area contributed by atoms with Crippen molar-refractivity contribution >= 4 is 0 Å². The van der Waals surface area contributed by atoms with E-state index in [4.69, 9.17) is 0 Å². The quantitative estimate of drug-likeness (QED) is 0.317. The summed E-state index contributed by atoms with van der Waals surface area (Å²) in [6.07, 6.45) is 18.7. The molecule has 1 aromatic rings. The van der Waals surface area contributed by atoms with Gasteiger partial charge in [-0.3, -0.25) is 0 Å². The van der Waals surface area contributed by atoms with Crippen LogP contribution in [0.4, 0.5) is 0 Å². The number of aryl methyl sites for hydroxylation is 2. The monoisotopic (exact) mass is 290 g/mol. The molecule has 1 rings (SSSR count). The molecule has 1 heteroatoms. The zero-order valence-electron chi connectivity index (χ0n) is 14.4. The van der Waals surface area contributed by atoms with E-state index < -0.39 is 0 Å². The minimum absolute atomic E-state index is 1.20. The molecule has 120 valence electrons. The first-order valence-corrected chi connectivity index (χ1v) is 9.35. The molecule has 1 nitrogen and oxygen atoms in total. The summed E-state index contributed by atoms with van der Waals surface area (Å²) in [5.74, 6) is 0. The van der Waals surface area contributed by atoms with Crippen molar-refractivity contribution in [1.29, 1.82) is 0 Å². The molecule has 0 bridgehead atoms. The first-order valence-electron chi connectivity index (χ1n) is 9.35. The Labute approximate surface area is 132 Å².